The highest BCUT2D eigenvalue weighted by atomic mass is 16.4. The van der Waals surface area contributed by atoms with Gasteiger partial charge in [0.25, 0.3) is 0 Å². The molecule has 1 aliphatic rings. The molecule has 136 valence electrons. The summed E-state index contributed by atoms with van der Waals surface area (Å²) >= 11 is 0. The largest absolute Gasteiger partial charge is 0.444 e. The minimum absolute atomic E-state index is 0.556. The van der Waals surface area contributed by atoms with Gasteiger partial charge in [-0.1, -0.05) is 6.92 Å². The Morgan fingerprint density at radius 3 is 2.83 bits per heavy atom. The second kappa shape index (κ2) is 9.67. The van der Waals surface area contributed by atoms with E-state index >= 15 is 0 Å². The third kappa shape index (κ3) is 6.15. The summed E-state index contributed by atoms with van der Waals surface area (Å²) in [5, 5.41) is 6.60. The number of oxazole rings is 1. The first-order valence-corrected chi connectivity index (χ1v) is 9.18. The molecule has 0 saturated carbocycles. The molecule has 0 amide bonds. The van der Waals surface area contributed by atoms with Gasteiger partial charge >= 0.3 is 0 Å². The van der Waals surface area contributed by atoms with Gasteiger partial charge in [0.1, 0.15) is 5.76 Å². The van der Waals surface area contributed by atoms with Crippen molar-refractivity contribution < 1.29 is 4.42 Å². The van der Waals surface area contributed by atoms with Crippen molar-refractivity contribution >= 4 is 5.96 Å². The normalized spacial score (nSPS) is 19.5. The standard InChI is InChI=1S/C18H33N5O/c1-14-8-7-11-23(13-14)10-6-5-9-20-18(19-4)21-12-17-22-15(2)16(3)24-17/h14H,5-13H2,1-4H3,(H2,19,20,21). The summed E-state index contributed by atoms with van der Waals surface area (Å²) in [6, 6.07) is 0. The van der Waals surface area contributed by atoms with Gasteiger partial charge in [-0.05, 0) is 58.5 Å². The molecule has 1 saturated heterocycles. The Balaban J connectivity index is 1.58. The van der Waals surface area contributed by atoms with Crippen LogP contribution in [0.5, 0.6) is 0 Å². The number of nitrogens with one attached hydrogen (secondary N) is 2. The molecule has 0 spiro atoms. The third-order valence-electron chi connectivity index (χ3n) is 4.64. The Morgan fingerprint density at radius 2 is 2.17 bits per heavy atom. The molecular formula is C18H33N5O. The smallest absolute Gasteiger partial charge is 0.214 e. The van der Waals surface area contributed by atoms with E-state index in [0.29, 0.717) is 12.4 Å². The van der Waals surface area contributed by atoms with Crippen molar-refractivity contribution in [3.8, 4) is 0 Å². The van der Waals surface area contributed by atoms with E-state index in [1.807, 2.05) is 13.8 Å². The average molecular weight is 335 g/mol. The monoisotopic (exact) mass is 335 g/mol. The predicted molar refractivity (Wildman–Crippen MR) is 98.3 cm³/mol. The lowest BCUT2D eigenvalue weighted by Gasteiger charge is -2.30. The average Bonchev–Trinajstić information content (AvgIpc) is 2.88. The van der Waals surface area contributed by atoms with Crippen LogP contribution in [-0.4, -0.2) is 49.1 Å². The molecule has 6 heteroatoms. The van der Waals surface area contributed by atoms with Gasteiger partial charge in [0, 0.05) is 20.1 Å². The number of likely N-dealkylation sites (tertiary alicyclic amines) is 1. The van der Waals surface area contributed by atoms with E-state index in [4.69, 9.17) is 4.42 Å². The molecule has 1 unspecified atom stereocenters. The van der Waals surface area contributed by atoms with Crippen LogP contribution in [0, 0.1) is 19.8 Å². The van der Waals surface area contributed by atoms with Crippen molar-refractivity contribution in [1.29, 1.82) is 0 Å². The van der Waals surface area contributed by atoms with Gasteiger partial charge in [0.05, 0.1) is 12.2 Å². The van der Waals surface area contributed by atoms with Crippen LogP contribution in [0.25, 0.3) is 0 Å². The number of nitrogens with zero attached hydrogens (tertiary/aromatic N) is 3. The molecule has 1 aliphatic heterocycles. The molecule has 0 bridgehead atoms. The Labute approximate surface area is 146 Å². The van der Waals surface area contributed by atoms with Gasteiger partial charge in [0.15, 0.2) is 5.96 Å². The molecular weight excluding hydrogens is 302 g/mol. The van der Waals surface area contributed by atoms with Crippen LogP contribution in [0.15, 0.2) is 9.41 Å². The van der Waals surface area contributed by atoms with Crippen molar-refractivity contribution in [3.05, 3.63) is 17.3 Å². The van der Waals surface area contributed by atoms with Gasteiger partial charge in [-0.2, -0.15) is 0 Å². The van der Waals surface area contributed by atoms with Crippen LogP contribution in [-0.2, 0) is 6.54 Å². The summed E-state index contributed by atoms with van der Waals surface area (Å²) in [6.07, 6.45) is 5.14. The molecule has 0 radical (unpaired) electrons. The van der Waals surface area contributed by atoms with E-state index in [0.717, 1.165) is 36.3 Å². The fourth-order valence-electron chi connectivity index (χ4n) is 3.15. The van der Waals surface area contributed by atoms with Crippen molar-refractivity contribution in [2.75, 3.05) is 33.2 Å². The molecule has 2 N–H and O–H groups in total. The quantitative estimate of drug-likeness (QED) is 0.455. The second-order valence-corrected chi connectivity index (χ2v) is 6.86. The van der Waals surface area contributed by atoms with E-state index < -0.39 is 0 Å². The number of rotatable bonds is 7. The van der Waals surface area contributed by atoms with Crippen molar-refractivity contribution in [3.63, 3.8) is 0 Å². The van der Waals surface area contributed by atoms with Gasteiger partial charge in [-0.3, -0.25) is 4.99 Å². The van der Waals surface area contributed by atoms with Gasteiger partial charge in [0.2, 0.25) is 5.89 Å². The minimum atomic E-state index is 0.556. The summed E-state index contributed by atoms with van der Waals surface area (Å²) in [5.41, 5.74) is 0.946. The summed E-state index contributed by atoms with van der Waals surface area (Å²) in [4.78, 5) is 11.2. The highest BCUT2D eigenvalue weighted by molar-refractivity contribution is 5.79. The maximum absolute atomic E-state index is 5.57. The molecule has 0 aliphatic carbocycles. The van der Waals surface area contributed by atoms with Gasteiger partial charge in [-0.25, -0.2) is 4.98 Å². The lowest BCUT2D eigenvalue weighted by atomic mass is 10.0. The number of hydrogen-bond acceptors (Lipinski definition) is 4. The SMILES string of the molecule is CN=C(NCCCCN1CCCC(C)C1)NCc1nc(C)c(C)o1. The zero-order valence-corrected chi connectivity index (χ0v) is 15.7. The van der Waals surface area contributed by atoms with E-state index in [9.17, 15) is 0 Å². The number of hydrogen-bond donors (Lipinski definition) is 2. The Kier molecular flexibility index (Phi) is 7.56. The van der Waals surface area contributed by atoms with Gasteiger partial charge < -0.3 is 20.0 Å². The maximum Gasteiger partial charge on any atom is 0.214 e. The van der Waals surface area contributed by atoms with Crippen molar-refractivity contribution in [2.45, 2.75) is 53.0 Å². The van der Waals surface area contributed by atoms with E-state index in [1.54, 1.807) is 7.05 Å². The van der Waals surface area contributed by atoms with Crippen LogP contribution >= 0.6 is 0 Å². The van der Waals surface area contributed by atoms with E-state index in [2.05, 4.69) is 32.4 Å². The minimum Gasteiger partial charge on any atom is -0.444 e. The Hall–Kier alpha value is -1.56. The Morgan fingerprint density at radius 1 is 1.33 bits per heavy atom. The lowest BCUT2D eigenvalue weighted by molar-refractivity contribution is 0.181. The van der Waals surface area contributed by atoms with Crippen LogP contribution in [0.2, 0.25) is 0 Å². The fraction of sp³-hybridized carbons (Fsp3) is 0.778. The van der Waals surface area contributed by atoms with Crippen LogP contribution in [0.4, 0.5) is 0 Å². The zero-order chi connectivity index (χ0) is 17.4. The van der Waals surface area contributed by atoms with E-state index in [-0.39, 0.29) is 0 Å². The number of aromatic nitrogens is 1. The summed E-state index contributed by atoms with van der Waals surface area (Å²) in [7, 11) is 1.79. The number of unbranched alkanes of at least 4 members (excludes halogenated alkanes) is 1. The first-order valence-electron chi connectivity index (χ1n) is 9.18. The fourth-order valence-corrected chi connectivity index (χ4v) is 3.15. The highest BCUT2D eigenvalue weighted by Crippen LogP contribution is 2.15. The zero-order valence-electron chi connectivity index (χ0n) is 15.7. The summed E-state index contributed by atoms with van der Waals surface area (Å²) in [5.74, 6) is 3.24. The molecule has 1 atom stereocenters. The number of aryl methyl sites for hydroxylation is 2. The van der Waals surface area contributed by atoms with Crippen LogP contribution in [0.1, 0.15) is 50.0 Å². The van der Waals surface area contributed by atoms with Crippen molar-refractivity contribution in [2.24, 2.45) is 10.9 Å². The number of aliphatic imine (C=N–C) groups is 1. The third-order valence-corrected chi connectivity index (χ3v) is 4.64. The molecule has 1 aromatic heterocycles. The summed E-state index contributed by atoms with van der Waals surface area (Å²) in [6.45, 7) is 11.5. The molecule has 24 heavy (non-hydrogen) atoms. The molecule has 2 rings (SSSR count). The molecule has 2 heterocycles. The molecule has 1 aromatic rings. The highest BCUT2D eigenvalue weighted by Gasteiger charge is 2.15. The molecule has 1 fully saturated rings. The topological polar surface area (TPSA) is 65.7 Å². The number of piperidine rings is 1. The van der Waals surface area contributed by atoms with Crippen LogP contribution in [0.3, 0.4) is 0 Å². The number of guanidine groups is 1. The predicted octanol–water partition coefficient (Wildman–Crippen LogP) is 2.47. The van der Waals surface area contributed by atoms with Gasteiger partial charge in [-0.15, -0.1) is 0 Å². The maximum atomic E-state index is 5.57. The molecule has 0 aromatic carbocycles. The summed E-state index contributed by atoms with van der Waals surface area (Å²) < 4.78 is 5.57. The Bertz CT molecular complexity index is 506. The second-order valence-electron chi connectivity index (χ2n) is 6.86. The first kappa shape index (κ1) is 18.8. The molecule has 6 nitrogen and oxygen atoms in total. The first-order chi connectivity index (χ1) is 11.6. The lowest BCUT2D eigenvalue weighted by Crippen LogP contribution is -2.38. The van der Waals surface area contributed by atoms with Crippen molar-refractivity contribution in [1.82, 2.24) is 20.5 Å². The van der Waals surface area contributed by atoms with Crippen LogP contribution < -0.4 is 10.6 Å². The van der Waals surface area contributed by atoms with E-state index in [1.165, 1.54) is 38.9 Å².